The van der Waals surface area contributed by atoms with Crippen molar-refractivity contribution in [1.82, 2.24) is 4.90 Å². The van der Waals surface area contributed by atoms with Crippen LogP contribution in [-0.4, -0.2) is 30.4 Å². The van der Waals surface area contributed by atoms with E-state index in [0.717, 1.165) is 24.0 Å². The number of nitrogens with zero attached hydrogens (tertiary/aromatic N) is 1. The molecule has 26 heavy (non-hydrogen) atoms. The van der Waals surface area contributed by atoms with Gasteiger partial charge in [0, 0.05) is 6.54 Å². The second-order valence-electron chi connectivity index (χ2n) is 6.53. The van der Waals surface area contributed by atoms with Crippen molar-refractivity contribution in [3.8, 4) is 0 Å². The lowest BCUT2D eigenvalue weighted by Gasteiger charge is -2.29. The predicted octanol–water partition coefficient (Wildman–Crippen LogP) is 4.58. The van der Waals surface area contributed by atoms with E-state index in [1.54, 1.807) is 12.1 Å². The Labute approximate surface area is 158 Å². The van der Waals surface area contributed by atoms with Crippen molar-refractivity contribution in [2.24, 2.45) is 0 Å². The zero-order chi connectivity index (χ0) is 18.8. The number of carbonyl (C=O) groups excluding carboxylic acids is 2. The molecule has 0 saturated carbocycles. The van der Waals surface area contributed by atoms with Crippen molar-refractivity contribution < 1.29 is 14.3 Å². The normalized spacial score (nSPS) is 15.5. The smallest absolute Gasteiger partial charge is 0.337 e. The molecule has 0 N–H and O–H groups in total. The standard InChI is InChI=1S/C21H22ClNO3/c1-4-23(20(24)17-11-13(2)5-9-18(17)22)19-10-8-14-6-7-15(12-16(14)19)21(25)26-3/h5-7,9,11-12,19H,4,8,10H2,1-3H3. The summed E-state index contributed by atoms with van der Waals surface area (Å²) in [4.78, 5) is 26.9. The van der Waals surface area contributed by atoms with Crippen molar-refractivity contribution in [2.45, 2.75) is 32.7 Å². The van der Waals surface area contributed by atoms with E-state index in [0.29, 0.717) is 22.7 Å². The Morgan fingerprint density at radius 3 is 2.69 bits per heavy atom. The summed E-state index contributed by atoms with van der Waals surface area (Å²) in [6, 6.07) is 11.0. The second kappa shape index (κ2) is 7.50. The van der Waals surface area contributed by atoms with Crippen molar-refractivity contribution in [3.63, 3.8) is 0 Å². The lowest BCUT2D eigenvalue weighted by molar-refractivity contribution is 0.0600. The van der Waals surface area contributed by atoms with Crippen LogP contribution in [0.5, 0.6) is 0 Å². The van der Waals surface area contributed by atoms with Crippen molar-refractivity contribution in [2.75, 3.05) is 13.7 Å². The molecule has 2 aromatic carbocycles. The Morgan fingerprint density at radius 2 is 2.00 bits per heavy atom. The lowest BCUT2D eigenvalue weighted by Crippen LogP contribution is -2.34. The number of hydrogen-bond donors (Lipinski definition) is 0. The van der Waals surface area contributed by atoms with Crippen molar-refractivity contribution in [3.05, 3.63) is 69.2 Å². The highest BCUT2D eigenvalue weighted by Gasteiger charge is 2.32. The van der Waals surface area contributed by atoms with E-state index in [-0.39, 0.29) is 17.9 Å². The van der Waals surface area contributed by atoms with Crippen LogP contribution in [0.1, 0.15) is 56.8 Å². The number of rotatable bonds is 4. The Bertz CT molecular complexity index is 862. The van der Waals surface area contributed by atoms with Crippen molar-refractivity contribution >= 4 is 23.5 Å². The first kappa shape index (κ1) is 18.5. The topological polar surface area (TPSA) is 46.6 Å². The van der Waals surface area contributed by atoms with Crippen LogP contribution >= 0.6 is 11.6 Å². The molecular weight excluding hydrogens is 350 g/mol. The van der Waals surface area contributed by atoms with Crippen LogP contribution in [-0.2, 0) is 11.2 Å². The number of esters is 1. The van der Waals surface area contributed by atoms with Gasteiger partial charge >= 0.3 is 5.97 Å². The van der Waals surface area contributed by atoms with Gasteiger partial charge in [-0.05, 0) is 62.1 Å². The number of aryl methyl sites for hydroxylation is 2. The summed E-state index contributed by atoms with van der Waals surface area (Å²) in [7, 11) is 1.37. The quantitative estimate of drug-likeness (QED) is 0.739. The Balaban J connectivity index is 1.97. The molecular formula is C21H22ClNO3. The molecule has 0 bridgehead atoms. The maximum Gasteiger partial charge on any atom is 0.337 e. The van der Waals surface area contributed by atoms with E-state index in [2.05, 4.69) is 0 Å². The minimum Gasteiger partial charge on any atom is -0.465 e. The number of benzene rings is 2. The fourth-order valence-corrected chi connectivity index (χ4v) is 3.81. The molecule has 4 nitrogen and oxygen atoms in total. The predicted molar refractivity (Wildman–Crippen MR) is 102 cm³/mol. The van der Waals surface area contributed by atoms with E-state index < -0.39 is 0 Å². The van der Waals surface area contributed by atoms with E-state index in [1.807, 2.05) is 43.0 Å². The molecule has 0 saturated heterocycles. The molecule has 1 aliphatic rings. The van der Waals surface area contributed by atoms with Crippen LogP contribution in [0.25, 0.3) is 0 Å². The minimum atomic E-state index is -0.366. The van der Waals surface area contributed by atoms with Crippen LogP contribution in [0.15, 0.2) is 36.4 Å². The van der Waals surface area contributed by atoms with Crippen LogP contribution in [0, 0.1) is 6.92 Å². The zero-order valence-corrected chi connectivity index (χ0v) is 16.0. The first-order valence-corrected chi connectivity index (χ1v) is 9.12. The lowest BCUT2D eigenvalue weighted by atomic mass is 10.0. The van der Waals surface area contributed by atoms with Crippen LogP contribution in [0.2, 0.25) is 5.02 Å². The van der Waals surface area contributed by atoms with Gasteiger partial charge in [0.2, 0.25) is 0 Å². The fraction of sp³-hybridized carbons (Fsp3) is 0.333. The van der Waals surface area contributed by atoms with Gasteiger partial charge in [-0.2, -0.15) is 0 Å². The summed E-state index contributed by atoms with van der Waals surface area (Å²) in [5.74, 6) is -0.447. The number of hydrogen-bond acceptors (Lipinski definition) is 3. The number of fused-ring (bicyclic) bond motifs is 1. The molecule has 5 heteroatoms. The van der Waals surface area contributed by atoms with E-state index in [1.165, 1.54) is 12.7 Å². The molecule has 0 aromatic heterocycles. The molecule has 0 radical (unpaired) electrons. The van der Waals surface area contributed by atoms with Gasteiger partial charge in [0.25, 0.3) is 5.91 Å². The van der Waals surface area contributed by atoms with Gasteiger partial charge in [-0.15, -0.1) is 0 Å². The summed E-state index contributed by atoms with van der Waals surface area (Å²) in [5.41, 5.74) is 4.21. The highest BCUT2D eigenvalue weighted by molar-refractivity contribution is 6.33. The zero-order valence-electron chi connectivity index (χ0n) is 15.2. The summed E-state index contributed by atoms with van der Waals surface area (Å²) < 4.78 is 4.83. The Hall–Kier alpha value is -2.33. The highest BCUT2D eigenvalue weighted by Crippen LogP contribution is 2.37. The molecule has 1 unspecified atom stereocenters. The largest absolute Gasteiger partial charge is 0.465 e. The molecule has 0 fully saturated rings. The summed E-state index contributed by atoms with van der Waals surface area (Å²) in [6.45, 7) is 4.47. The van der Waals surface area contributed by atoms with Gasteiger partial charge in [0.15, 0.2) is 0 Å². The summed E-state index contributed by atoms with van der Waals surface area (Å²) >= 11 is 6.28. The van der Waals surface area contributed by atoms with E-state index in [4.69, 9.17) is 16.3 Å². The number of halogens is 1. The van der Waals surface area contributed by atoms with Crippen LogP contribution in [0.3, 0.4) is 0 Å². The Kier molecular flexibility index (Phi) is 5.33. The summed E-state index contributed by atoms with van der Waals surface area (Å²) in [5, 5.41) is 0.459. The van der Waals surface area contributed by atoms with Gasteiger partial charge in [-0.1, -0.05) is 29.3 Å². The van der Waals surface area contributed by atoms with E-state index in [9.17, 15) is 9.59 Å². The number of carbonyl (C=O) groups is 2. The first-order valence-electron chi connectivity index (χ1n) is 8.74. The molecule has 0 heterocycles. The maximum absolute atomic E-state index is 13.2. The third-order valence-electron chi connectivity index (χ3n) is 4.94. The molecule has 136 valence electrons. The molecule has 3 rings (SSSR count). The van der Waals surface area contributed by atoms with Crippen LogP contribution in [0.4, 0.5) is 0 Å². The average molecular weight is 372 g/mol. The third-order valence-corrected chi connectivity index (χ3v) is 5.27. The van der Waals surface area contributed by atoms with Gasteiger partial charge in [0.05, 0.1) is 29.3 Å². The first-order chi connectivity index (χ1) is 12.5. The summed E-state index contributed by atoms with van der Waals surface area (Å²) in [6.07, 6.45) is 1.72. The molecule has 0 aliphatic heterocycles. The second-order valence-corrected chi connectivity index (χ2v) is 6.94. The highest BCUT2D eigenvalue weighted by atomic mass is 35.5. The molecule has 0 spiro atoms. The molecule has 2 aromatic rings. The molecule has 1 amide bonds. The van der Waals surface area contributed by atoms with Gasteiger partial charge < -0.3 is 9.64 Å². The maximum atomic E-state index is 13.2. The Morgan fingerprint density at radius 1 is 1.23 bits per heavy atom. The number of methoxy groups -OCH3 is 1. The third kappa shape index (κ3) is 3.34. The van der Waals surface area contributed by atoms with Crippen molar-refractivity contribution in [1.29, 1.82) is 0 Å². The molecule has 1 atom stereocenters. The van der Waals surface area contributed by atoms with Gasteiger partial charge in [-0.25, -0.2) is 4.79 Å². The minimum absolute atomic E-state index is 0.0660. The van der Waals surface area contributed by atoms with E-state index >= 15 is 0 Å². The molecule has 1 aliphatic carbocycles. The fourth-order valence-electron chi connectivity index (χ4n) is 3.61. The van der Waals surface area contributed by atoms with Gasteiger partial charge in [0.1, 0.15) is 0 Å². The SMILES string of the molecule is CCN(C(=O)c1cc(C)ccc1Cl)C1CCc2ccc(C(=O)OC)cc21. The number of ether oxygens (including phenoxy) is 1. The number of amides is 1. The van der Waals surface area contributed by atoms with Gasteiger partial charge in [-0.3, -0.25) is 4.79 Å². The van der Waals surface area contributed by atoms with Crippen LogP contribution < -0.4 is 0 Å². The monoisotopic (exact) mass is 371 g/mol. The average Bonchev–Trinajstić information content (AvgIpc) is 3.06.